The molecule has 34 heavy (non-hydrogen) atoms. The lowest BCUT2D eigenvalue weighted by Crippen LogP contribution is -2.28. The van der Waals surface area contributed by atoms with Crippen LogP contribution >= 0.6 is 0 Å². The monoisotopic (exact) mass is 461 g/mol. The largest absolute Gasteiger partial charge is 0.454 e. The van der Waals surface area contributed by atoms with Crippen molar-refractivity contribution >= 4 is 28.2 Å². The van der Waals surface area contributed by atoms with Gasteiger partial charge >= 0.3 is 0 Å². The zero-order valence-electron chi connectivity index (χ0n) is 19.6. The van der Waals surface area contributed by atoms with Crippen molar-refractivity contribution in [3.63, 3.8) is 0 Å². The Morgan fingerprint density at radius 3 is 2.41 bits per heavy atom. The molecule has 8 nitrogen and oxygen atoms in total. The average molecular weight is 462 g/mol. The van der Waals surface area contributed by atoms with Crippen molar-refractivity contribution in [2.45, 2.75) is 33.7 Å². The third-order valence-electron chi connectivity index (χ3n) is 6.58. The molecule has 5 rings (SSSR count). The maximum Gasteiger partial charge on any atom is 0.259 e. The summed E-state index contributed by atoms with van der Waals surface area (Å²) >= 11 is 0. The molecule has 2 aliphatic rings. The number of anilines is 1. The van der Waals surface area contributed by atoms with Gasteiger partial charge in [-0.25, -0.2) is 0 Å². The van der Waals surface area contributed by atoms with Crippen LogP contribution in [0.5, 0.6) is 11.5 Å². The van der Waals surface area contributed by atoms with Crippen LogP contribution in [0.4, 0.5) is 5.69 Å². The summed E-state index contributed by atoms with van der Waals surface area (Å²) in [7, 11) is 0. The van der Waals surface area contributed by atoms with Gasteiger partial charge in [-0.1, -0.05) is 19.9 Å². The van der Waals surface area contributed by atoms with E-state index in [-0.39, 0.29) is 24.0 Å². The molecule has 1 N–H and O–H groups in total. The second-order valence-electron chi connectivity index (χ2n) is 8.58. The number of aromatic nitrogens is 1. The van der Waals surface area contributed by atoms with Gasteiger partial charge in [0.1, 0.15) is 0 Å². The lowest BCUT2D eigenvalue weighted by molar-refractivity contribution is -0.114. The second-order valence-corrected chi connectivity index (χ2v) is 8.58. The number of rotatable bonds is 7. The Labute approximate surface area is 197 Å². The van der Waals surface area contributed by atoms with Crippen LogP contribution in [-0.4, -0.2) is 47.6 Å². The average Bonchev–Trinajstić information content (AvgIpc) is 3.39. The van der Waals surface area contributed by atoms with E-state index in [1.54, 1.807) is 34.9 Å². The number of amides is 1. The molecule has 0 saturated heterocycles. The van der Waals surface area contributed by atoms with Crippen LogP contribution < -0.4 is 20.3 Å². The van der Waals surface area contributed by atoms with Gasteiger partial charge in [0.25, 0.3) is 5.56 Å². The number of carbonyl (C=O) groups is 2. The van der Waals surface area contributed by atoms with Crippen molar-refractivity contribution < 1.29 is 19.1 Å². The predicted molar refractivity (Wildman–Crippen MR) is 130 cm³/mol. The van der Waals surface area contributed by atoms with E-state index in [4.69, 9.17) is 9.47 Å². The number of fused-ring (bicyclic) bond motifs is 6. The molecule has 1 aliphatic carbocycles. The smallest absolute Gasteiger partial charge is 0.259 e. The Balaban J connectivity index is 1.70. The summed E-state index contributed by atoms with van der Waals surface area (Å²) < 4.78 is 12.8. The zero-order valence-corrected chi connectivity index (χ0v) is 19.6. The van der Waals surface area contributed by atoms with Crippen molar-refractivity contribution in [2.75, 3.05) is 31.7 Å². The van der Waals surface area contributed by atoms with E-state index < -0.39 is 0 Å². The quantitative estimate of drug-likeness (QED) is 0.452. The number of nitrogens with one attached hydrogen (secondary N) is 1. The summed E-state index contributed by atoms with van der Waals surface area (Å²) in [6.07, 6.45) is 0.763. The van der Waals surface area contributed by atoms with Crippen molar-refractivity contribution in [3.05, 3.63) is 51.8 Å². The number of hydrogen-bond donors (Lipinski definition) is 1. The molecule has 1 aliphatic heterocycles. The highest BCUT2D eigenvalue weighted by Crippen LogP contribution is 2.45. The highest BCUT2D eigenvalue weighted by atomic mass is 16.7. The molecule has 0 saturated carbocycles. The normalized spacial score (nSPS) is 13.5. The van der Waals surface area contributed by atoms with Crippen LogP contribution in [0.15, 0.2) is 35.1 Å². The highest BCUT2D eigenvalue weighted by Gasteiger charge is 2.35. The fourth-order valence-electron chi connectivity index (χ4n) is 4.91. The topological polar surface area (TPSA) is 89.9 Å². The molecule has 1 aromatic heterocycles. The van der Waals surface area contributed by atoms with Gasteiger partial charge in [-0.3, -0.25) is 14.4 Å². The van der Waals surface area contributed by atoms with Gasteiger partial charge in [0.2, 0.25) is 12.7 Å². The number of nitrogens with zero attached hydrogens (tertiary/aromatic N) is 2. The molecule has 2 aromatic carbocycles. The first-order valence-corrected chi connectivity index (χ1v) is 11.6. The Morgan fingerprint density at radius 1 is 1.03 bits per heavy atom. The van der Waals surface area contributed by atoms with Crippen LogP contribution in [0.1, 0.15) is 43.1 Å². The van der Waals surface area contributed by atoms with Crippen LogP contribution in [-0.2, 0) is 11.3 Å². The zero-order chi connectivity index (χ0) is 24.0. The first-order chi connectivity index (χ1) is 16.4. The summed E-state index contributed by atoms with van der Waals surface area (Å²) in [6, 6.07) is 8.63. The Bertz CT molecular complexity index is 1390. The molecule has 8 heteroatoms. The van der Waals surface area contributed by atoms with Gasteiger partial charge in [0.15, 0.2) is 17.3 Å². The molecule has 2 heterocycles. The minimum absolute atomic E-state index is 0.111. The maximum absolute atomic E-state index is 13.8. The van der Waals surface area contributed by atoms with Gasteiger partial charge in [0, 0.05) is 35.7 Å². The summed E-state index contributed by atoms with van der Waals surface area (Å²) in [4.78, 5) is 41.2. The number of hydrogen-bond acceptors (Lipinski definition) is 6. The second kappa shape index (κ2) is 8.61. The van der Waals surface area contributed by atoms with E-state index in [1.807, 2.05) is 0 Å². The van der Waals surface area contributed by atoms with Crippen LogP contribution in [0, 0.1) is 0 Å². The van der Waals surface area contributed by atoms with E-state index in [0.717, 1.165) is 26.1 Å². The molecule has 176 valence electrons. The van der Waals surface area contributed by atoms with Gasteiger partial charge < -0.3 is 24.3 Å². The molecule has 0 fully saturated rings. The first-order valence-electron chi connectivity index (χ1n) is 11.6. The fourth-order valence-corrected chi connectivity index (χ4v) is 4.91. The molecule has 0 atom stereocenters. The van der Waals surface area contributed by atoms with Crippen LogP contribution in [0.2, 0.25) is 0 Å². The molecule has 0 spiro atoms. The van der Waals surface area contributed by atoms with Crippen LogP contribution in [0.3, 0.4) is 0 Å². The third kappa shape index (κ3) is 3.54. The molecule has 1 amide bonds. The minimum Gasteiger partial charge on any atom is -0.454 e. The highest BCUT2D eigenvalue weighted by molar-refractivity contribution is 6.27. The molecule has 3 aromatic rings. The van der Waals surface area contributed by atoms with E-state index in [9.17, 15) is 14.4 Å². The lowest BCUT2D eigenvalue weighted by Gasteiger charge is -2.20. The van der Waals surface area contributed by atoms with E-state index in [2.05, 4.69) is 24.1 Å². The van der Waals surface area contributed by atoms with Gasteiger partial charge in [-0.05, 0) is 50.3 Å². The van der Waals surface area contributed by atoms with Crippen molar-refractivity contribution in [2.24, 2.45) is 0 Å². The molecule has 0 radical (unpaired) electrons. The summed E-state index contributed by atoms with van der Waals surface area (Å²) in [5.74, 6) is 0.742. The molecular weight excluding hydrogens is 434 g/mol. The van der Waals surface area contributed by atoms with Crippen molar-refractivity contribution in [1.82, 2.24) is 9.47 Å². The van der Waals surface area contributed by atoms with E-state index >= 15 is 0 Å². The third-order valence-corrected chi connectivity index (χ3v) is 6.58. The van der Waals surface area contributed by atoms with Gasteiger partial charge in [-0.2, -0.15) is 0 Å². The van der Waals surface area contributed by atoms with E-state index in [0.29, 0.717) is 56.9 Å². The number of ketones is 1. The number of carbonyl (C=O) groups excluding carboxylic acids is 2. The number of benzene rings is 2. The Morgan fingerprint density at radius 2 is 1.74 bits per heavy atom. The van der Waals surface area contributed by atoms with Crippen LogP contribution in [0.25, 0.3) is 22.0 Å². The lowest BCUT2D eigenvalue weighted by atomic mass is 10.0. The summed E-state index contributed by atoms with van der Waals surface area (Å²) in [6.45, 7) is 8.95. The number of pyridine rings is 1. The van der Waals surface area contributed by atoms with Crippen molar-refractivity contribution in [1.29, 1.82) is 0 Å². The molecule has 0 bridgehead atoms. The summed E-state index contributed by atoms with van der Waals surface area (Å²) in [5, 5.41) is 3.72. The summed E-state index contributed by atoms with van der Waals surface area (Å²) in [5.41, 5.74) is 2.68. The Kier molecular flexibility index (Phi) is 5.61. The number of ether oxygens (including phenoxy) is 2. The van der Waals surface area contributed by atoms with Crippen molar-refractivity contribution in [3.8, 4) is 22.8 Å². The molecule has 0 unspecified atom stereocenters. The van der Waals surface area contributed by atoms with Gasteiger partial charge in [0.05, 0.1) is 16.6 Å². The first kappa shape index (κ1) is 22.2. The predicted octanol–water partition coefficient (Wildman–Crippen LogP) is 3.63. The SMILES string of the molecule is CCN(CC)CCCn1c2c(c3ccc(NC(C)=O)cc3c1=O)C(=O)c1cc3c(cc1-2)OCO3. The Hall–Kier alpha value is -3.65. The standard InChI is InChI=1S/C26H27N3O5/c1-4-28(5-2)9-6-10-29-24-18-12-21-22(34-14-33-21)13-19(18)25(31)23(24)17-8-7-16(27-15(3)30)11-20(17)26(29)32/h7-8,11-13H,4-6,9-10,14H2,1-3H3,(H,27,30). The molecular formula is C26H27N3O5. The fraction of sp³-hybridized carbons (Fsp3) is 0.346. The minimum atomic E-state index is -0.224. The maximum atomic E-state index is 13.8. The van der Waals surface area contributed by atoms with E-state index in [1.165, 1.54) is 6.92 Å². The van der Waals surface area contributed by atoms with Gasteiger partial charge in [-0.15, -0.1) is 0 Å².